The Morgan fingerprint density at radius 1 is 0.605 bits per heavy atom. The largest absolute Gasteiger partial charge is 0.462 e. The van der Waals surface area contributed by atoms with Gasteiger partial charge in [0.1, 0.15) is 6.10 Å². The quantitative estimate of drug-likeness (QED) is 0.0544. The summed E-state index contributed by atoms with van der Waals surface area (Å²) in [6, 6.07) is 0. The SMILES string of the molecule is CCCCC/C=C\C/C=C\CCCCCCCCCC(CCCCCCCCC)OC(=O)CCCN(C)C. The number of carbonyl (C=O) groups excluding carboxylic acids is 1. The zero-order valence-corrected chi connectivity index (χ0v) is 26.3. The Morgan fingerprint density at radius 2 is 1.05 bits per heavy atom. The van der Waals surface area contributed by atoms with Crippen LogP contribution < -0.4 is 0 Å². The Morgan fingerprint density at radius 3 is 1.58 bits per heavy atom. The van der Waals surface area contributed by atoms with Crippen LogP contribution in [0.5, 0.6) is 0 Å². The van der Waals surface area contributed by atoms with E-state index in [-0.39, 0.29) is 12.1 Å². The summed E-state index contributed by atoms with van der Waals surface area (Å²) in [6.45, 7) is 5.48. The molecule has 0 radical (unpaired) electrons. The van der Waals surface area contributed by atoms with Crippen LogP contribution in [-0.4, -0.2) is 37.6 Å². The van der Waals surface area contributed by atoms with Crippen molar-refractivity contribution in [2.24, 2.45) is 0 Å². The van der Waals surface area contributed by atoms with E-state index in [2.05, 4.69) is 57.1 Å². The summed E-state index contributed by atoms with van der Waals surface area (Å²) < 4.78 is 5.94. The summed E-state index contributed by atoms with van der Waals surface area (Å²) in [4.78, 5) is 14.5. The van der Waals surface area contributed by atoms with Gasteiger partial charge in [-0.15, -0.1) is 0 Å². The van der Waals surface area contributed by atoms with Crippen LogP contribution in [0.1, 0.15) is 168 Å². The fourth-order valence-electron chi connectivity index (χ4n) is 4.91. The van der Waals surface area contributed by atoms with E-state index >= 15 is 0 Å². The third kappa shape index (κ3) is 29.5. The molecule has 0 aromatic carbocycles. The lowest BCUT2D eigenvalue weighted by atomic mass is 10.0. The molecule has 3 nitrogen and oxygen atoms in total. The average Bonchev–Trinajstić information content (AvgIpc) is 2.89. The van der Waals surface area contributed by atoms with Crippen LogP contribution in [0.3, 0.4) is 0 Å². The van der Waals surface area contributed by atoms with Gasteiger partial charge in [0.15, 0.2) is 0 Å². The third-order valence-electron chi connectivity index (χ3n) is 7.39. The van der Waals surface area contributed by atoms with Gasteiger partial charge >= 0.3 is 5.97 Å². The van der Waals surface area contributed by atoms with E-state index in [0.29, 0.717) is 6.42 Å². The lowest BCUT2D eigenvalue weighted by Crippen LogP contribution is -2.20. The number of esters is 1. The number of unbranched alkanes of at least 4 members (excludes halogenated alkanes) is 16. The number of carbonyl (C=O) groups is 1. The van der Waals surface area contributed by atoms with Gasteiger partial charge in [0.05, 0.1) is 0 Å². The lowest BCUT2D eigenvalue weighted by molar-refractivity contribution is -0.150. The summed E-state index contributed by atoms with van der Waals surface area (Å²) in [6.07, 6.45) is 38.9. The summed E-state index contributed by atoms with van der Waals surface area (Å²) in [7, 11) is 4.11. The van der Waals surface area contributed by atoms with Gasteiger partial charge in [0, 0.05) is 6.42 Å². The second-order valence-electron chi connectivity index (χ2n) is 11.7. The van der Waals surface area contributed by atoms with Crippen LogP contribution in [0.4, 0.5) is 0 Å². The molecule has 224 valence electrons. The lowest BCUT2D eigenvalue weighted by Gasteiger charge is -2.18. The monoisotopic (exact) mass is 534 g/mol. The van der Waals surface area contributed by atoms with E-state index in [9.17, 15) is 4.79 Å². The van der Waals surface area contributed by atoms with Crippen LogP contribution in [0.15, 0.2) is 24.3 Å². The van der Waals surface area contributed by atoms with E-state index < -0.39 is 0 Å². The van der Waals surface area contributed by atoms with E-state index in [0.717, 1.165) is 32.2 Å². The average molecular weight is 534 g/mol. The maximum absolute atomic E-state index is 12.4. The Hall–Kier alpha value is -1.09. The second-order valence-corrected chi connectivity index (χ2v) is 11.7. The van der Waals surface area contributed by atoms with Gasteiger partial charge in [-0.05, 0) is 84.8 Å². The highest BCUT2D eigenvalue weighted by molar-refractivity contribution is 5.69. The fraction of sp³-hybridized carbons (Fsp3) is 0.857. The first-order chi connectivity index (χ1) is 18.6. The van der Waals surface area contributed by atoms with E-state index in [1.54, 1.807) is 0 Å². The van der Waals surface area contributed by atoms with Gasteiger partial charge in [-0.2, -0.15) is 0 Å². The predicted molar refractivity (Wildman–Crippen MR) is 169 cm³/mol. The molecule has 0 aliphatic rings. The van der Waals surface area contributed by atoms with Crippen molar-refractivity contribution in [3.05, 3.63) is 24.3 Å². The molecule has 0 rings (SSSR count). The van der Waals surface area contributed by atoms with Crippen molar-refractivity contribution in [3.8, 4) is 0 Å². The first-order valence-electron chi connectivity index (χ1n) is 16.7. The van der Waals surface area contributed by atoms with Crippen molar-refractivity contribution < 1.29 is 9.53 Å². The number of rotatable bonds is 29. The number of ether oxygens (including phenoxy) is 1. The van der Waals surface area contributed by atoms with E-state index in [4.69, 9.17) is 4.74 Å². The molecule has 0 heterocycles. The molecule has 0 saturated heterocycles. The third-order valence-corrected chi connectivity index (χ3v) is 7.39. The predicted octanol–water partition coefficient (Wildman–Crippen LogP) is 11.0. The van der Waals surface area contributed by atoms with Gasteiger partial charge in [-0.25, -0.2) is 0 Å². The van der Waals surface area contributed by atoms with Crippen LogP contribution in [-0.2, 0) is 9.53 Å². The summed E-state index contributed by atoms with van der Waals surface area (Å²) in [5.41, 5.74) is 0. The van der Waals surface area contributed by atoms with Crippen molar-refractivity contribution in [1.29, 1.82) is 0 Å². The smallest absolute Gasteiger partial charge is 0.306 e. The van der Waals surface area contributed by atoms with Crippen molar-refractivity contribution in [1.82, 2.24) is 4.90 Å². The van der Waals surface area contributed by atoms with Crippen molar-refractivity contribution >= 4 is 5.97 Å². The van der Waals surface area contributed by atoms with Crippen LogP contribution >= 0.6 is 0 Å². The van der Waals surface area contributed by atoms with Gasteiger partial charge in [0.25, 0.3) is 0 Å². The molecule has 38 heavy (non-hydrogen) atoms. The Kier molecular flexibility index (Phi) is 29.6. The zero-order chi connectivity index (χ0) is 27.9. The number of allylic oxidation sites excluding steroid dienone is 4. The van der Waals surface area contributed by atoms with E-state index in [1.807, 2.05) is 0 Å². The Labute approximate surface area is 239 Å². The molecule has 0 aliphatic carbocycles. The summed E-state index contributed by atoms with van der Waals surface area (Å²) in [5, 5.41) is 0. The topological polar surface area (TPSA) is 29.5 Å². The standard InChI is InChI=1S/C35H67NO2/c1-5-7-9-11-13-14-15-16-17-18-19-20-21-22-24-26-28-31-34(30-27-25-23-12-10-8-6-2)38-35(37)32-29-33-36(3)4/h13-14,16-17,34H,5-12,15,18-33H2,1-4H3/b14-13-,17-16-. The highest BCUT2D eigenvalue weighted by Gasteiger charge is 2.14. The van der Waals surface area contributed by atoms with Gasteiger partial charge in [-0.3, -0.25) is 4.79 Å². The minimum absolute atomic E-state index is 0.0110. The van der Waals surface area contributed by atoms with Crippen LogP contribution in [0.25, 0.3) is 0 Å². The second kappa shape index (κ2) is 30.5. The number of hydrogen-bond donors (Lipinski definition) is 0. The molecule has 1 atom stereocenters. The maximum atomic E-state index is 12.4. The minimum Gasteiger partial charge on any atom is -0.462 e. The molecule has 3 heteroatoms. The molecule has 0 saturated carbocycles. The maximum Gasteiger partial charge on any atom is 0.306 e. The molecule has 0 aliphatic heterocycles. The Bertz CT molecular complexity index is 540. The Balaban J connectivity index is 3.90. The molecule has 0 amide bonds. The minimum atomic E-state index is 0.0110. The van der Waals surface area contributed by atoms with Gasteiger partial charge in [0.2, 0.25) is 0 Å². The molecule has 0 spiro atoms. The normalized spacial score (nSPS) is 12.8. The van der Waals surface area contributed by atoms with Crippen LogP contribution in [0.2, 0.25) is 0 Å². The number of nitrogens with zero attached hydrogens (tertiary/aromatic N) is 1. The zero-order valence-electron chi connectivity index (χ0n) is 26.3. The highest BCUT2D eigenvalue weighted by Crippen LogP contribution is 2.18. The van der Waals surface area contributed by atoms with Crippen molar-refractivity contribution in [3.63, 3.8) is 0 Å². The summed E-state index contributed by atoms with van der Waals surface area (Å²) in [5.74, 6) is 0.0110. The first kappa shape index (κ1) is 36.9. The molecule has 0 N–H and O–H groups in total. The fourth-order valence-corrected chi connectivity index (χ4v) is 4.91. The van der Waals surface area contributed by atoms with Crippen molar-refractivity contribution in [2.75, 3.05) is 20.6 Å². The number of hydrogen-bond acceptors (Lipinski definition) is 3. The van der Waals surface area contributed by atoms with Crippen molar-refractivity contribution in [2.45, 2.75) is 174 Å². The van der Waals surface area contributed by atoms with Crippen LogP contribution in [0, 0.1) is 0 Å². The molecule has 0 aromatic heterocycles. The molecule has 0 aromatic rings. The first-order valence-corrected chi connectivity index (χ1v) is 16.7. The molecule has 0 bridgehead atoms. The molecule has 0 fully saturated rings. The highest BCUT2D eigenvalue weighted by atomic mass is 16.5. The molecular formula is C35H67NO2. The van der Waals surface area contributed by atoms with Gasteiger partial charge in [-0.1, -0.05) is 122 Å². The summed E-state index contributed by atoms with van der Waals surface area (Å²) >= 11 is 0. The molecule has 1 unspecified atom stereocenters. The van der Waals surface area contributed by atoms with E-state index in [1.165, 1.54) is 122 Å². The van der Waals surface area contributed by atoms with Gasteiger partial charge < -0.3 is 9.64 Å². The molecular weight excluding hydrogens is 466 g/mol.